The van der Waals surface area contributed by atoms with Crippen LogP contribution in [0.25, 0.3) is 0 Å². The molecule has 24 heavy (non-hydrogen) atoms. The van der Waals surface area contributed by atoms with Crippen molar-refractivity contribution in [2.24, 2.45) is 11.8 Å². The second-order valence-corrected chi connectivity index (χ2v) is 8.77. The van der Waals surface area contributed by atoms with Gasteiger partial charge in [-0.25, -0.2) is 0 Å². The maximum absolute atomic E-state index is 6.44. The second-order valence-electron chi connectivity index (χ2n) is 8.77. The molecule has 1 aromatic rings. The summed E-state index contributed by atoms with van der Waals surface area (Å²) in [6, 6.07) is 10.7. The first-order valence-electron chi connectivity index (χ1n) is 9.82. The van der Waals surface area contributed by atoms with Gasteiger partial charge in [-0.1, -0.05) is 18.2 Å². The third-order valence-electron chi connectivity index (χ3n) is 8.28. The summed E-state index contributed by atoms with van der Waals surface area (Å²) < 4.78 is 6.44. The van der Waals surface area contributed by atoms with Crippen LogP contribution in [0.2, 0.25) is 0 Å². The Morgan fingerprint density at radius 2 is 2.12 bits per heavy atom. The summed E-state index contributed by atoms with van der Waals surface area (Å²) in [6.07, 6.45) is 8.12. The van der Waals surface area contributed by atoms with E-state index in [1.165, 1.54) is 32.4 Å². The number of anilines is 1. The van der Waals surface area contributed by atoms with Gasteiger partial charge in [0.05, 0.1) is 12.7 Å². The van der Waals surface area contributed by atoms with Crippen molar-refractivity contribution < 1.29 is 4.74 Å². The summed E-state index contributed by atoms with van der Waals surface area (Å²) in [5.41, 5.74) is 5.25. The average Bonchev–Trinajstić information content (AvgIpc) is 3.08. The maximum Gasteiger partial charge on any atom is 0.0646 e. The molecule has 6 aliphatic rings. The summed E-state index contributed by atoms with van der Waals surface area (Å²) in [4.78, 5) is 5.52. The van der Waals surface area contributed by atoms with E-state index in [9.17, 15) is 0 Å². The van der Waals surface area contributed by atoms with Crippen molar-refractivity contribution in [2.45, 2.75) is 49.3 Å². The van der Waals surface area contributed by atoms with E-state index in [2.05, 4.69) is 40.3 Å². The molecular formula is C21H24N2O. The molecule has 3 heteroatoms. The fraction of sp³-hybridized carbons (Fsp3) is 0.619. The highest BCUT2D eigenvalue weighted by Crippen LogP contribution is 2.65. The van der Waals surface area contributed by atoms with E-state index in [1.54, 1.807) is 16.8 Å². The van der Waals surface area contributed by atoms with Crippen LogP contribution in [0.4, 0.5) is 5.69 Å². The SMILES string of the molecule is C1=C2CCO[C@@H]3CCN4c5ccccc5[C@]56CCN1[C@H]5C[C@H]2[C@@H]3[C@@H]46. The molecule has 0 amide bonds. The van der Waals surface area contributed by atoms with Gasteiger partial charge in [-0.15, -0.1) is 0 Å². The van der Waals surface area contributed by atoms with Gasteiger partial charge in [0.25, 0.3) is 0 Å². The standard InChI is InChI=1S/C21H24N2O/c1-2-4-16-15(3-1)21-7-9-22-12-13-6-10-24-17-5-8-23(16)20(21)19(17)14(13)11-18(21)22/h1-4,12,14,17-20H,5-11H2/t14-,17-,18+,19+,20-,21-/m1/s1. The van der Waals surface area contributed by atoms with E-state index < -0.39 is 0 Å². The zero-order chi connectivity index (χ0) is 15.5. The van der Waals surface area contributed by atoms with Gasteiger partial charge in [0.2, 0.25) is 0 Å². The third kappa shape index (κ3) is 1.21. The van der Waals surface area contributed by atoms with Gasteiger partial charge in [-0.3, -0.25) is 0 Å². The minimum absolute atomic E-state index is 0.353. The molecule has 7 rings (SSSR count). The Bertz CT molecular complexity index is 773. The number of piperidine rings is 1. The number of ether oxygens (including phenoxy) is 1. The molecule has 0 unspecified atom stereocenters. The fourth-order valence-electron chi connectivity index (χ4n) is 7.63. The molecule has 124 valence electrons. The highest BCUT2D eigenvalue weighted by molar-refractivity contribution is 5.67. The minimum atomic E-state index is 0.353. The van der Waals surface area contributed by atoms with E-state index in [0.29, 0.717) is 23.5 Å². The Morgan fingerprint density at radius 1 is 1.17 bits per heavy atom. The van der Waals surface area contributed by atoms with E-state index >= 15 is 0 Å². The molecule has 0 N–H and O–H groups in total. The summed E-state index contributed by atoms with van der Waals surface area (Å²) >= 11 is 0. The Kier molecular flexibility index (Phi) is 2.14. The summed E-state index contributed by atoms with van der Waals surface area (Å²) in [6.45, 7) is 3.37. The molecule has 1 aliphatic carbocycles. The number of benzene rings is 1. The van der Waals surface area contributed by atoms with Gasteiger partial charge in [0.1, 0.15) is 0 Å². The van der Waals surface area contributed by atoms with Crippen molar-refractivity contribution in [1.29, 1.82) is 0 Å². The lowest BCUT2D eigenvalue weighted by molar-refractivity contribution is -0.0489. The van der Waals surface area contributed by atoms with Crippen LogP contribution in [-0.2, 0) is 10.2 Å². The number of nitrogens with zero attached hydrogens (tertiary/aromatic N) is 2. The molecule has 1 saturated carbocycles. The van der Waals surface area contributed by atoms with Gasteiger partial charge in [0.15, 0.2) is 0 Å². The van der Waals surface area contributed by atoms with Gasteiger partial charge >= 0.3 is 0 Å². The highest BCUT2D eigenvalue weighted by atomic mass is 16.5. The lowest BCUT2D eigenvalue weighted by Crippen LogP contribution is -2.66. The molecule has 0 aromatic heterocycles. The number of hydrogen-bond donors (Lipinski definition) is 0. The largest absolute Gasteiger partial charge is 0.377 e. The minimum Gasteiger partial charge on any atom is -0.377 e. The van der Waals surface area contributed by atoms with E-state index in [-0.39, 0.29) is 0 Å². The molecule has 3 nitrogen and oxygen atoms in total. The average molecular weight is 320 g/mol. The lowest BCUT2D eigenvalue weighted by Gasteiger charge is -2.58. The summed E-state index contributed by atoms with van der Waals surface area (Å²) in [7, 11) is 0. The molecule has 1 spiro atoms. The Balaban J connectivity index is 1.54. The van der Waals surface area contributed by atoms with Crippen LogP contribution in [0.3, 0.4) is 0 Å². The first kappa shape index (κ1) is 12.8. The fourth-order valence-corrected chi connectivity index (χ4v) is 7.63. The molecule has 5 aliphatic heterocycles. The topological polar surface area (TPSA) is 15.7 Å². The van der Waals surface area contributed by atoms with Crippen molar-refractivity contribution in [2.75, 3.05) is 24.6 Å². The second kappa shape index (κ2) is 4.01. The molecule has 2 bridgehead atoms. The molecule has 3 saturated heterocycles. The van der Waals surface area contributed by atoms with Gasteiger partial charge < -0.3 is 14.5 Å². The predicted molar refractivity (Wildman–Crippen MR) is 93.0 cm³/mol. The van der Waals surface area contributed by atoms with Gasteiger partial charge in [-0.2, -0.15) is 0 Å². The number of fused-ring (bicyclic) bond motifs is 2. The number of rotatable bonds is 0. The van der Waals surface area contributed by atoms with Crippen molar-refractivity contribution in [3.63, 3.8) is 0 Å². The zero-order valence-electron chi connectivity index (χ0n) is 14.0. The first-order chi connectivity index (χ1) is 11.9. The van der Waals surface area contributed by atoms with Crippen LogP contribution in [0, 0.1) is 11.8 Å². The highest BCUT2D eigenvalue weighted by Gasteiger charge is 2.69. The van der Waals surface area contributed by atoms with Crippen molar-refractivity contribution in [1.82, 2.24) is 4.90 Å². The first-order valence-corrected chi connectivity index (χ1v) is 9.82. The third-order valence-corrected chi connectivity index (χ3v) is 8.28. The predicted octanol–water partition coefficient (Wildman–Crippen LogP) is 2.91. The van der Waals surface area contributed by atoms with Crippen LogP contribution < -0.4 is 4.90 Å². The van der Waals surface area contributed by atoms with Crippen LogP contribution in [0.15, 0.2) is 36.0 Å². The van der Waals surface area contributed by atoms with E-state index in [0.717, 1.165) is 25.0 Å². The summed E-state index contributed by atoms with van der Waals surface area (Å²) in [5, 5.41) is 0. The monoisotopic (exact) mass is 320 g/mol. The number of para-hydroxylation sites is 1. The van der Waals surface area contributed by atoms with Crippen molar-refractivity contribution in [3.05, 3.63) is 41.6 Å². The van der Waals surface area contributed by atoms with Crippen LogP contribution in [-0.4, -0.2) is 42.8 Å². The maximum atomic E-state index is 6.44. The summed E-state index contributed by atoms with van der Waals surface area (Å²) in [5.74, 6) is 1.48. The Labute approximate surface area is 143 Å². The molecular weight excluding hydrogens is 296 g/mol. The lowest BCUT2D eigenvalue weighted by atomic mass is 9.54. The molecule has 6 atom stereocenters. The zero-order valence-corrected chi connectivity index (χ0v) is 14.0. The van der Waals surface area contributed by atoms with Crippen molar-refractivity contribution >= 4 is 5.69 Å². The molecule has 4 fully saturated rings. The Hall–Kier alpha value is -1.48. The molecule has 1 aromatic carbocycles. The molecule has 5 heterocycles. The van der Waals surface area contributed by atoms with Crippen LogP contribution in [0.5, 0.6) is 0 Å². The quantitative estimate of drug-likeness (QED) is 0.731. The van der Waals surface area contributed by atoms with Gasteiger partial charge in [-0.05, 0) is 55.0 Å². The van der Waals surface area contributed by atoms with Crippen molar-refractivity contribution in [3.8, 4) is 0 Å². The smallest absolute Gasteiger partial charge is 0.0646 e. The van der Waals surface area contributed by atoms with Gasteiger partial charge in [0, 0.05) is 42.2 Å². The van der Waals surface area contributed by atoms with E-state index in [4.69, 9.17) is 4.74 Å². The molecule has 0 radical (unpaired) electrons. The number of hydrogen-bond acceptors (Lipinski definition) is 3. The van der Waals surface area contributed by atoms with E-state index in [1.807, 2.05) is 0 Å². The van der Waals surface area contributed by atoms with Crippen LogP contribution >= 0.6 is 0 Å². The van der Waals surface area contributed by atoms with Crippen LogP contribution in [0.1, 0.15) is 31.2 Å². The normalized spacial score (nSPS) is 46.5. The Morgan fingerprint density at radius 3 is 3.12 bits per heavy atom.